The van der Waals surface area contributed by atoms with Gasteiger partial charge in [0.15, 0.2) is 5.78 Å². The second-order valence-corrected chi connectivity index (χ2v) is 5.49. The quantitative estimate of drug-likeness (QED) is 0.721. The van der Waals surface area contributed by atoms with Gasteiger partial charge in [-0.05, 0) is 17.7 Å². The summed E-state index contributed by atoms with van der Waals surface area (Å²) in [5.41, 5.74) is 2.76. The first-order valence-electron chi connectivity index (χ1n) is 7.76. The maximum absolute atomic E-state index is 12.5. The van der Waals surface area contributed by atoms with Crippen molar-refractivity contribution in [1.82, 2.24) is 0 Å². The molecule has 0 saturated heterocycles. The van der Waals surface area contributed by atoms with Gasteiger partial charge in [0.1, 0.15) is 0 Å². The summed E-state index contributed by atoms with van der Waals surface area (Å²) < 4.78 is 0. The predicted molar refractivity (Wildman–Crippen MR) is 95.1 cm³/mol. The Kier molecular flexibility index (Phi) is 4.82. The molecule has 0 fully saturated rings. The van der Waals surface area contributed by atoms with Crippen LogP contribution in [0.3, 0.4) is 0 Å². The van der Waals surface area contributed by atoms with Crippen LogP contribution in [0.25, 0.3) is 0 Å². The van der Waals surface area contributed by atoms with Gasteiger partial charge >= 0.3 is 0 Å². The number of rotatable bonds is 5. The van der Waals surface area contributed by atoms with Crippen LogP contribution in [0.2, 0.25) is 0 Å². The minimum absolute atomic E-state index is 0.0604. The third-order valence-electron chi connectivity index (χ3n) is 3.65. The van der Waals surface area contributed by atoms with Crippen molar-refractivity contribution in [3.05, 3.63) is 102 Å². The molecule has 0 spiro atoms. The Labute approximate surface area is 141 Å². The first kappa shape index (κ1) is 15.7. The van der Waals surface area contributed by atoms with E-state index in [0.29, 0.717) is 23.2 Å². The SMILES string of the molecule is O=C(Cc1ccccc1)Nc1cccc(C(=O)c2ccccc2)c1. The van der Waals surface area contributed by atoms with Crippen LogP contribution in [-0.2, 0) is 11.2 Å². The van der Waals surface area contributed by atoms with Crippen LogP contribution in [0.5, 0.6) is 0 Å². The van der Waals surface area contributed by atoms with Crippen LogP contribution in [-0.4, -0.2) is 11.7 Å². The van der Waals surface area contributed by atoms with Crippen molar-refractivity contribution >= 4 is 17.4 Å². The molecule has 0 heterocycles. The highest BCUT2D eigenvalue weighted by Gasteiger charge is 2.10. The summed E-state index contributed by atoms with van der Waals surface area (Å²) in [6, 6.07) is 25.7. The van der Waals surface area contributed by atoms with E-state index in [2.05, 4.69) is 5.32 Å². The molecule has 3 rings (SSSR count). The predicted octanol–water partition coefficient (Wildman–Crippen LogP) is 4.10. The highest BCUT2D eigenvalue weighted by Crippen LogP contribution is 2.15. The number of ketones is 1. The van der Waals surface area contributed by atoms with Crippen LogP contribution in [0.15, 0.2) is 84.9 Å². The summed E-state index contributed by atoms with van der Waals surface area (Å²) in [5, 5.41) is 2.85. The van der Waals surface area contributed by atoms with Crippen molar-refractivity contribution in [2.45, 2.75) is 6.42 Å². The van der Waals surface area contributed by atoms with Gasteiger partial charge in [-0.25, -0.2) is 0 Å². The Morgan fingerprint density at radius 1 is 0.708 bits per heavy atom. The van der Waals surface area contributed by atoms with Crippen molar-refractivity contribution in [1.29, 1.82) is 0 Å². The Hall–Kier alpha value is -3.20. The van der Waals surface area contributed by atoms with Crippen LogP contribution < -0.4 is 5.32 Å². The Morgan fingerprint density at radius 3 is 2.04 bits per heavy atom. The zero-order chi connectivity index (χ0) is 16.8. The normalized spacial score (nSPS) is 10.2. The number of carbonyl (C=O) groups is 2. The van der Waals surface area contributed by atoms with Gasteiger partial charge < -0.3 is 5.32 Å². The number of nitrogens with one attached hydrogen (secondary N) is 1. The number of hydrogen-bond acceptors (Lipinski definition) is 2. The molecule has 0 bridgehead atoms. The number of carbonyl (C=O) groups excluding carboxylic acids is 2. The molecular formula is C21H17NO2. The molecule has 0 aliphatic rings. The fourth-order valence-electron chi connectivity index (χ4n) is 2.48. The molecule has 1 amide bonds. The van der Waals surface area contributed by atoms with Crippen LogP contribution in [0.4, 0.5) is 5.69 Å². The van der Waals surface area contributed by atoms with Gasteiger partial charge in [-0.3, -0.25) is 9.59 Å². The van der Waals surface area contributed by atoms with E-state index in [-0.39, 0.29) is 11.7 Å². The van der Waals surface area contributed by atoms with Crippen LogP contribution >= 0.6 is 0 Å². The fourth-order valence-corrected chi connectivity index (χ4v) is 2.48. The summed E-state index contributed by atoms with van der Waals surface area (Å²) in [5.74, 6) is -0.166. The fraction of sp³-hybridized carbons (Fsp3) is 0.0476. The van der Waals surface area contributed by atoms with E-state index < -0.39 is 0 Å². The topological polar surface area (TPSA) is 46.2 Å². The van der Waals surface area contributed by atoms with E-state index >= 15 is 0 Å². The lowest BCUT2D eigenvalue weighted by molar-refractivity contribution is -0.115. The molecule has 0 aliphatic carbocycles. The Balaban J connectivity index is 1.71. The van der Waals surface area contributed by atoms with Crippen molar-refractivity contribution in [2.24, 2.45) is 0 Å². The number of hydrogen-bond donors (Lipinski definition) is 1. The zero-order valence-corrected chi connectivity index (χ0v) is 13.1. The molecule has 1 N–H and O–H groups in total. The minimum Gasteiger partial charge on any atom is -0.326 e. The first-order chi connectivity index (χ1) is 11.7. The highest BCUT2D eigenvalue weighted by atomic mass is 16.1. The molecule has 0 aliphatic heterocycles. The lowest BCUT2D eigenvalue weighted by atomic mass is 10.0. The van der Waals surface area contributed by atoms with E-state index in [1.807, 2.05) is 48.5 Å². The van der Waals surface area contributed by atoms with Gasteiger partial charge in [0, 0.05) is 16.8 Å². The van der Waals surface area contributed by atoms with E-state index in [1.54, 1.807) is 36.4 Å². The van der Waals surface area contributed by atoms with Crippen LogP contribution in [0.1, 0.15) is 21.5 Å². The maximum atomic E-state index is 12.5. The second kappa shape index (κ2) is 7.38. The third kappa shape index (κ3) is 3.96. The van der Waals surface area contributed by atoms with E-state index in [0.717, 1.165) is 5.56 Å². The largest absolute Gasteiger partial charge is 0.326 e. The highest BCUT2D eigenvalue weighted by molar-refractivity contribution is 6.09. The lowest BCUT2D eigenvalue weighted by Crippen LogP contribution is -2.14. The van der Waals surface area contributed by atoms with Gasteiger partial charge in [-0.1, -0.05) is 72.8 Å². The lowest BCUT2D eigenvalue weighted by Gasteiger charge is -2.07. The molecule has 3 nitrogen and oxygen atoms in total. The molecule has 0 aromatic heterocycles. The monoisotopic (exact) mass is 315 g/mol. The summed E-state index contributed by atoms with van der Waals surface area (Å²) >= 11 is 0. The van der Waals surface area contributed by atoms with Gasteiger partial charge in [0.05, 0.1) is 6.42 Å². The van der Waals surface area contributed by atoms with Gasteiger partial charge in [0.25, 0.3) is 0 Å². The number of amides is 1. The molecule has 118 valence electrons. The molecule has 3 heteroatoms. The van der Waals surface area contributed by atoms with Crippen molar-refractivity contribution < 1.29 is 9.59 Å². The second-order valence-electron chi connectivity index (χ2n) is 5.49. The van der Waals surface area contributed by atoms with Gasteiger partial charge in [-0.2, -0.15) is 0 Å². The van der Waals surface area contributed by atoms with Crippen molar-refractivity contribution in [2.75, 3.05) is 5.32 Å². The Bertz CT molecular complexity index is 842. The molecule has 3 aromatic carbocycles. The van der Waals surface area contributed by atoms with Gasteiger partial charge in [0.2, 0.25) is 5.91 Å². The molecule has 0 unspecified atom stereocenters. The van der Waals surface area contributed by atoms with Crippen LogP contribution in [0, 0.1) is 0 Å². The Morgan fingerprint density at radius 2 is 1.33 bits per heavy atom. The summed E-state index contributed by atoms with van der Waals surface area (Å²) in [6.07, 6.45) is 0.303. The standard InChI is InChI=1S/C21H17NO2/c23-20(14-16-8-3-1-4-9-16)22-19-13-7-12-18(15-19)21(24)17-10-5-2-6-11-17/h1-13,15H,14H2,(H,22,23). The molecule has 3 aromatic rings. The average Bonchev–Trinajstić information content (AvgIpc) is 2.63. The molecule has 0 radical (unpaired) electrons. The number of anilines is 1. The molecule has 0 saturated carbocycles. The summed E-state index contributed by atoms with van der Waals surface area (Å²) in [6.45, 7) is 0. The molecule has 0 atom stereocenters. The number of benzene rings is 3. The average molecular weight is 315 g/mol. The minimum atomic E-state index is -0.106. The summed E-state index contributed by atoms with van der Waals surface area (Å²) in [4.78, 5) is 24.6. The van der Waals surface area contributed by atoms with E-state index in [4.69, 9.17) is 0 Å². The van der Waals surface area contributed by atoms with E-state index in [1.165, 1.54) is 0 Å². The molecule has 24 heavy (non-hydrogen) atoms. The third-order valence-corrected chi connectivity index (χ3v) is 3.65. The van der Waals surface area contributed by atoms with Crippen molar-refractivity contribution in [3.63, 3.8) is 0 Å². The van der Waals surface area contributed by atoms with Gasteiger partial charge in [-0.15, -0.1) is 0 Å². The smallest absolute Gasteiger partial charge is 0.228 e. The first-order valence-corrected chi connectivity index (χ1v) is 7.76. The maximum Gasteiger partial charge on any atom is 0.228 e. The van der Waals surface area contributed by atoms with E-state index in [9.17, 15) is 9.59 Å². The summed E-state index contributed by atoms with van der Waals surface area (Å²) in [7, 11) is 0. The zero-order valence-electron chi connectivity index (χ0n) is 13.1. The van der Waals surface area contributed by atoms with Crippen molar-refractivity contribution in [3.8, 4) is 0 Å². The molecular weight excluding hydrogens is 298 g/mol.